The first-order chi connectivity index (χ1) is 10.8. The molecule has 0 saturated carbocycles. The molecule has 0 radical (unpaired) electrons. The Balaban J connectivity index is 2.43. The molecule has 0 aliphatic heterocycles. The van der Waals surface area contributed by atoms with E-state index in [-0.39, 0.29) is 23.9 Å². The molecule has 1 aromatic carbocycles. The highest BCUT2D eigenvalue weighted by molar-refractivity contribution is 5.94. The van der Waals surface area contributed by atoms with Crippen molar-refractivity contribution >= 4 is 17.9 Å². The summed E-state index contributed by atoms with van der Waals surface area (Å²) in [4.78, 5) is 23.3. The van der Waals surface area contributed by atoms with E-state index in [0.29, 0.717) is 6.61 Å². The normalized spacial score (nSPS) is 11.1. The van der Waals surface area contributed by atoms with E-state index in [9.17, 15) is 9.59 Å². The van der Waals surface area contributed by atoms with Crippen LogP contribution in [0.25, 0.3) is 6.08 Å². The van der Waals surface area contributed by atoms with Crippen LogP contribution in [0.5, 0.6) is 5.75 Å². The van der Waals surface area contributed by atoms with Gasteiger partial charge in [0, 0.05) is 11.6 Å². The van der Waals surface area contributed by atoms with Crippen molar-refractivity contribution in [3.63, 3.8) is 0 Å². The molecule has 0 aliphatic carbocycles. The van der Waals surface area contributed by atoms with Crippen LogP contribution in [0.15, 0.2) is 43.0 Å². The number of nitrogens with one attached hydrogen (secondary N) is 2. The predicted octanol–water partition coefficient (Wildman–Crippen LogP) is 2.30. The van der Waals surface area contributed by atoms with Gasteiger partial charge in [-0.3, -0.25) is 9.59 Å². The van der Waals surface area contributed by atoms with Gasteiger partial charge in [-0.15, -0.1) is 0 Å². The molecule has 5 nitrogen and oxygen atoms in total. The quantitative estimate of drug-likeness (QED) is 0.599. The first-order valence-electron chi connectivity index (χ1n) is 7.41. The molecule has 0 unspecified atom stereocenters. The van der Waals surface area contributed by atoms with Gasteiger partial charge in [-0.1, -0.05) is 24.8 Å². The number of carbonyl (C=O) groups is 2. The van der Waals surface area contributed by atoms with E-state index in [1.165, 1.54) is 6.08 Å². The van der Waals surface area contributed by atoms with Gasteiger partial charge in [0.2, 0.25) is 11.8 Å². The fourth-order valence-corrected chi connectivity index (χ4v) is 1.69. The van der Waals surface area contributed by atoms with Crippen molar-refractivity contribution in [2.24, 2.45) is 0 Å². The van der Waals surface area contributed by atoms with E-state index < -0.39 is 0 Å². The first kappa shape index (κ1) is 18.5. The van der Waals surface area contributed by atoms with Crippen LogP contribution >= 0.6 is 0 Å². The van der Waals surface area contributed by atoms with Gasteiger partial charge in [-0.05, 0) is 44.5 Å². The maximum atomic E-state index is 11.7. The average molecular weight is 316 g/mol. The van der Waals surface area contributed by atoms with Crippen molar-refractivity contribution in [3.05, 3.63) is 48.6 Å². The third kappa shape index (κ3) is 8.46. The van der Waals surface area contributed by atoms with Gasteiger partial charge < -0.3 is 15.4 Å². The van der Waals surface area contributed by atoms with Crippen LogP contribution in [0.2, 0.25) is 0 Å². The summed E-state index contributed by atoms with van der Waals surface area (Å²) in [6.45, 7) is 9.64. The largest absolute Gasteiger partial charge is 0.490 e. The van der Waals surface area contributed by atoms with Crippen molar-refractivity contribution in [1.82, 2.24) is 10.6 Å². The minimum Gasteiger partial charge on any atom is -0.490 e. The molecule has 23 heavy (non-hydrogen) atoms. The molecule has 0 aromatic heterocycles. The Hall–Kier alpha value is -2.56. The third-order valence-electron chi connectivity index (χ3n) is 2.61. The Morgan fingerprint density at radius 3 is 2.43 bits per heavy atom. The zero-order valence-corrected chi connectivity index (χ0v) is 13.9. The highest BCUT2D eigenvalue weighted by Gasteiger charge is 2.13. The Bertz CT molecular complexity index is 569. The summed E-state index contributed by atoms with van der Waals surface area (Å²) >= 11 is 0. The van der Waals surface area contributed by atoms with Crippen LogP contribution in [0.3, 0.4) is 0 Å². The third-order valence-corrected chi connectivity index (χ3v) is 2.61. The van der Waals surface area contributed by atoms with Crippen molar-refractivity contribution < 1.29 is 14.3 Å². The highest BCUT2D eigenvalue weighted by atomic mass is 16.5. The van der Waals surface area contributed by atoms with Crippen LogP contribution in [-0.4, -0.2) is 30.5 Å². The molecule has 0 heterocycles. The summed E-state index contributed by atoms with van der Waals surface area (Å²) in [5.41, 5.74) is 0.554. The highest BCUT2D eigenvalue weighted by Crippen LogP contribution is 2.13. The van der Waals surface area contributed by atoms with Gasteiger partial charge in [0.15, 0.2) is 0 Å². The van der Waals surface area contributed by atoms with Gasteiger partial charge in [0.25, 0.3) is 0 Å². The predicted molar refractivity (Wildman–Crippen MR) is 92.1 cm³/mol. The number of rotatable bonds is 7. The number of hydrogen-bond acceptors (Lipinski definition) is 3. The van der Waals surface area contributed by atoms with Crippen LogP contribution in [0.4, 0.5) is 0 Å². The van der Waals surface area contributed by atoms with Crippen molar-refractivity contribution in [2.75, 3.05) is 13.2 Å². The van der Waals surface area contributed by atoms with Crippen LogP contribution in [0.1, 0.15) is 26.3 Å². The fourth-order valence-electron chi connectivity index (χ4n) is 1.69. The van der Waals surface area contributed by atoms with Crippen LogP contribution in [-0.2, 0) is 9.59 Å². The molecule has 0 saturated heterocycles. The lowest BCUT2D eigenvalue weighted by atomic mass is 10.1. The summed E-state index contributed by atoms with van der Waals surface area (Å²) in [7, 11) is 0. The van der Waals surface area contributed by atoms with Gasteiger partial charge in [-0.2, -0.15) is 0 Å². The number of amides is 2. The van der Waals surface area contributed by atoms with E-state index in [2.05, 4.69) is 17.2 Å². The molecule has 124 valence electrons. The second-order valence-corrected chi connectivity index (χ2v) is 6.02. The summed E-state index contributed by atoms with van der Waals surface area (Å²) in [6, 6.07) is 7.32. The summed E-state index contributed by atoms with van der Waals surface area (Å²) < 4.78 is 5.37. The standard InChI is InChI=1S/C18H24N2O3/c1-5-12-23-15-9-6-14(7-10-15)8-11-16(21)19-13-17(22)20-18(2,3)4/h5-11H,1,12-13H2,2-4H3,(H,19,21)(H,20,22)/b11-8+. The second-order valence-electron chi connectivity index (χ2n) is 6.02. The number of benzene rings is 1. The topological polar surface area (TPSA) is 67.4 Å². The lowest BCUT2D eigenvalue weighted by Crippen LogP contribution is -2.45. The van der Waals surface area contributed by atoms with Gasteiger partial charge in [0.05, 0.1) is 6.54 Å². The Kier molecular flexibility index (Phi) is 7.06. The molecule has 0 spiro atoms. The number of ether oxygens (including phenoxy) is 1. The summed E-state index contributed by atoms with van der Waals surface area (Å²) in [6.07, 6.45) is 4.74. The molecule has 0 atom stereocenters. The Morgan fingerprint density at radius 1 is 1.22 bits per heavy atom. The van der Waals surface area contributed by atoms with Gasteiger partial charge in [-0.25, -0.2) is 0 Å². The SMILES string of the molecule is C=CCOc1ccc(/C=C/C(=O)NCC(=O)NC(C)(C)C)cc1. The zero-order valence-electron chi connectivity index (χ0n) is 13.9. The van der Waals surface area contributed by atoms with Gasteiger partial charge in [0.1, 0.15) is 12.4 Å². The second kappa shape index (κ2) is 8.78. The zero-order chi connectivity index (χ0) is 17.3. The van der Waals surface area contributed by atoms with E-state index >= 15 is 0 Å². The molecule has 1 rings (SSSR count). The monoisotopic (exact) mass is 316 g/mol. The lowest BCUT2D eigenvalue weighted by molar-refractivity contribution is -0.124. The first-order valence-corrected chi connectivity index (χ1v) is 7.41. The molecule has 2 N–H and O–H groups in total. The molecule has 2 amide bonds. The Labute approximate surface area is 137 Å². The summed E-state index contributed by atoms with van der Waals surface area (Å²) in [5, 5.41) is 5.31. The minimum atomic E-state index is -0.318. The van der Waals surface area contributed by atoms with E-state index in [1.54, 1.807) is 12.2 Å². The molecular weight excluding hydrogens is 292 g/mol. The van der Waals surface area contributed by atoms with Crippen molar-refractivity contribution in [3.8, 4) is 5.75 Å². The fraction of sp³-hybridized carbons (Fsp3) is 0.333. The molecule has 0 fully saturated rings. The van der Waals surface area contributed by atoms with E-state index in [1.807, 2.05) is 45.0 Å². The van der Waals surface area contributed by atoms with Crippen LogP contribution in [0, 0.1) is 0 Å². The molecule has 5 heteroatoms. The van der Waals surface area contributed by atoms with E-state index in [4.69, 9.17) is 4.74 Å². The maximum Gasteiger partial charge on any atom is 0.244 e. The maximum absolute atomic E-state index is 11.7. The van der Waals surface area contributed by atoms with Crippen LogP contribution < -0.4 is 15.4 Å². The average Bonchev–Trinajstić information content (AvgIpc) is 2.48. The lowest BCUT2D eigenvalue weighted by Gasteiger charge is -2.20. The molecule has 0 bridgehead atoms. The molecule has 0 aliphatic rings. The number of hydrogen-bond donors (Lipinski definition) is 2. The van der Waals surface area contributed by atoms with Gasteiger partial charge >= 0.3 is 0 Å². The smallest absolute Gasteiger partial charge is 0.244 e. The molecular formula is C18H24N2O3. The minimum absolute atomic E-state index is 0.0469. The summed E-state index contributed by atoms with van der Waals surface area (Å²) in [5.74, 6) is 0.203. The Morgan fingerprint density at radius 2 is 1.87 bits per heavy atom. The number of carbonyl (C=O) groups excluding carboxylic acids is 2. The van der Waals surface area contributed by atoms with Crippen molar-refractivity contribution in [1.29, 1.82) is 0 Å². The van der Waals surface area contributed by atoms with E-state index in [0.717, 1.165) is 11.3 Å². The molecule has 1 aromatic rings. The van der Waals surface area contributed by atoms with Crippen molar-refractivity contribution in [2.45, 2.75) is 26.3 Å².